The number of aryl methyl sites for hydroxylation is 1. The first-order chi connectivity index (χ1) is 9.04. The molecule has 2 rings (SSSR count). The van der Waals surface area contributed by atoms with Gasteiger partial charge in [-0.05, 0) is 40.9 Å². The van der Waals surface area contributed by atoms with E-state index in [-0.39, 0.29) is 0 Å². The summed E-state index contributed by atoms with van der Waals surface area (Å²) in [6, 6.07) is 6.06. The number of hydrogen-bond acceptors (Lipinski definition) is 3. The van der Waals surface area contributed by atoms with Crippen LogP contribution in [-0.2, 0) is 11.3 Å². The van der Waals surface area contributed by atoms with E-state index >= 15 is 0 Å². The maximum absolute atomic E-state index is 6.14. The number of benzene rings is 1. The molecule has 19 heavy (non-hydrogen) atoms. The molecule has 0 aliphatic rings. The van der Waals surface area contributed by atoms with Gasteiger partial charge in [0.2, 0.25) is 0 Å². The molecule has 3 nitrogen and oxygen atoms in total. The number of aromatic nitrogens is 2. The Balaban J connectivity index is 2.59. The molecule has 100 valence electrons. The van der Waals surface area contributed by atoms with Crippen LogP contribution in [0.25, 0.3) is 11.4 Å². The van der Waals surface area contributed by atoms with Crippen LogP contribution in [0.2, 0.25) is 5.15 Å². The smallest absolute Gasteiger partial charge is 0.161 e. The second-order valence-electron chi connectivity index (χ2n) is 4.28. The van der Waals surface area contributed by atoms with Gasteiger partial charge in [-0.3, -0.25) is 0 Å². The van der Waals surface area contributed by atoms with E-state index in [1.165, 1.54) is 5.56 Å². The molecule has 5 heteroatoms. The molecular formula is C14H14BrClN2O. The fraction of sp³-hybridized carbons (Fsp3) is 0.286. The van der Waals surface area contributed by atoms with Gasteiger partial charge in [0, 0.05) is 12.7 Å². The third-order valence-electron chi connectivity index (χ3n) is 3.01. The summed E-state index contributed by atoms with van der Waals surface area (Å²) < 4.78 is 5.81. The Bertz CT molecular complexity index is 617. The highest BCUT2D eigenvalue weighted by Gasteiger charge is 2.13. The third kappa shape index (κ3) is 2.96. The zero-order valence-electron chi connectivity index (χ0n) is 11.0. The van der Waals surface area contributed by atoms with E-state index in [1.54, 1.807) is 7.11 Å². The Morgan fingerprint density at radius 2 is 2.00 bits per heavy atom. The van der Waals surface area contributed by atoms with Gasteiger partial charge in [-0.2, -0.15) is 0 Å². The largest absolute Gasteiger partial charge is 0.378 e. The number of rotatable bonds is 3. The van der Waals surface area contributed by atoms with E-state index in [2.05, 4.69) is 45.8 Å². The molecule has 1 heterocycles. The molecule has 0 saturated heterocycles. The zero-order chi connectivity index (χ0) is 14.0. The summed E-state index contributed by atoms with van der Waals surface area (Å²) in [6.07, 6.45) is 0. The standard InChI is InChI=1S/C14H14BrClN2O/c1-8-5-4-6-10(9(8)2)14-17-11(7-19-3)12(15)13(16)18-14/h4-6H,7H2,1-3H3. The van der Waals surface area contributed by atoms with Crippen LogP contribution in [-0.4, -0.2) is 17.1 Å². The fourth-order valence-electron chi connectivity index (χ4n) is 1.81. The first-order valence-corrected chi connectivity index (χ1v) is 6.99. The molecule has 0 bridgehead atoms. The summed E-state index contributed by atoms with van der Waals surface area (Å²) in [5.41, 5.74) is 4.10. The lowest BCUT2D eigenvalue weighted by Gasteiger charge is -2.10. The van der Waals surface area contributed by atoms with Gasteiger partial charge >= 0.3 is 0 Å². The van der Waals surface area contributed by atoms with Crippen LogP contribution in [0.4, 0.5) is 0 Å². The van der Waals surface area contributed by atoms with Gasteiger partial charge in [0.05, 0.1) is 16.8 Å². The topological polar surface area (TPSA) is 35.0 Å². The monoisotopic (exact) mass is 340 g/mol. The van der Waals surface area contributed by atoms with Crippen LogP contribution in [0.15, 0.2) is 22.7 Å². The molecule has 0 saturated carbocycles. The average molecular weight is 342 g/mol. The fourth-order valence-corrected chi connectivity index (χ4v) is 2.29. The Kier molecular flexibility index (Phi) is 4.55. The maximum atomic E-state index is 6.14. The van der Waals surface area contributed by atoms with Crippen LogP contribution >= 0.6 is 27.5 Å². The number of methoxy groups -OCH3 is 1. The summed E-state index contributed by atoms with van der Waals surface area (Å²) in [6.45, 7) is 4.51. The predicted molar refractivity (Wildman–Crippen MR) is 80.4 cm³/mol. The molecule has 0 aliphatic carbocycles. The predicted octanol–water partition coefficient (Wildman–Crippen LogP) is 4.32. The molecule has 1 aromatic carbocycles. The van der Waals surface area contributed by atoms with Crippen LogP contribution in [0.3, 0.4) is 0 Å². The lowest BCUT2D eigenvalue weighted by molar-refractivity contribution is 0.181. The van der Waals surface area contributed by atoms with E-state index < -0.39 is 0 Å². The normalized spacial score (nSPS) is 10.8. The van der Waals surface area contributed by atoms with Gasteiger partial charge < -0.3 is 4.74 Å². The molecule has 0 spiro atoms. The molecule has 1 aromatic heterocycles. The Labute approximate surface area is 126 Å². The lowest BCUT2D eigenvalue weighted by Crippen LogP contribution is -2.01. The average Bonchev–Trinajstić information content (AvgIpc) is 2.38. The molecule has 0 unspecified atom stereocenters. The van der Waals surface area contributed by atoms with Crippen LogP contribution in [0.5, 0.6) is 0 Å². The van der Waals surface area contributed by atoms with E-state index in [1.807, 2.05) is 12.1 Å². The molecule has 2 aromatic rings. The van der Waals surface area contributed by atoms with Crippen molar-refractivity contribution < 1.29 is 4.74 Å². The van der Waals surface area contributed by atoms with Crippen molar-refractivity contribution in [1.29, 1.82) is 0 Å². The van der Waals surface area contributed by atoms with Crippen molar-refractivity contribution in [2.45, 2.75) is 20.5 Å². The van der Waals surface area contributed by atoms with Crippen molar-refractivity contribution in [2.75, 3.05) is 7.11 Å². The van der Waals surface area contributed by atoms with E-state index in [0.717, 1.165) is 16.8 Å². The molecule has 0 amide bonds. The first kappa shape index (κ1) is 14.4. The Morgan fingerprint density at radius 1 is 1.26 bits per heavy atom. The van der Waals surface area contributed by atoms with Crippen molar-refractivity contribution in [1.82, 2.24) is 9.97 Å². The minimum absolute atomic E-state index is 0.390. The number of halogens is 2. The molecular weight excluding hydrogens is 328 g/mol. The lowest BCUT2D eigenvalue weighted by atomic mass is 10.0. The summed E-state index contributed by atoms with van der Waals surface area (Å²) >= 11 is 9.53. The van der Waals surface area contributed by atoms with Gasteiger partial charge in [-0.1, -0.05) is 29.8 Å². The molecule has 0 N–H and O–H groups in total. The van der Waals surface area contributed by atoms with Gasteiger partial charge in [0.1, 0.15) is 5.15 Å². The second kappa shape index (κ2) is 5.99. The van der Waals surface area contributed by atoms with Crippen LogP contribution in [0, 0.1) is 13.8 Å². The summed E-state index contributed by atoms with van der Waals surface area (Å²) in [5, 5.41) is 0.401. The third-order valence-corrected chi connectivity index (χ3v) is 4.34. The molecule has 0 atom stereocenters. The van der Waals surface area contributed by atoms with Crippen molar-refractivity contribution in [2.24, 2.45) is 0 Å². The Morgan fingerprint density at radius 3 is 2.68 bits per heavy atom. The van der Waals surface area contributed by atoms with Crippen molar-refractivity contribution >= 4 is 27.5 Å². The van der Waals surface area contributed by atoms with Gasteiger partial charge in [0.25, 0.3) is 0 Å². The van der Waals surface area contributed by atoms with Crippen molar-refractivity contribution in [3.05, 3.63) is 44.6 Å². The number of ether oxygens (including phenoxy) is 1. The highest BCUT2D eigenvalue weighted by molar-refractivity contribution is 9.10. The van der Waals surface area contributed by atoms with E-state index in [4.69, 9.17) is 16.3 Å². The SMILES string of the molecule is COCc1nc(-c2cccc(C)c2C)nc(Cl)c1Br. The summed E-state index contributed by atoms with van der Waals surface area (Å²) in [5.74, 6) is 0.626. The van der Waals surface area contributed by atoms with Crippen LogP contribution in [0.1, 0.15) is 16.8 Å². The van der Waals surface area contributed by atoms with Gasteiger partial charge in [-0.15, -0.1) is 0 Å². The quantitative estimate of drug-likeness (QED) is 0.780. The molecule has 0 aliphatic heterocycles. The van der Waals surface area contributed by atoms with E-state index in [9.17, 15) is 0 Å². The number of nitrogens with zero attached hydrogens (tertiary/aromatic N) is 2. The van der Waals surface area contributed by atoms with Crippen molar-refractivity contribution in [3.63, 3.8) is 0 Å². The van der Waals surface area contributed by atoms with Crippen molar-refractivity contribution in [3.8, 4) is 11.4 Å². The van der Waals surface area contributed by atoms with Gasteiger partial charge in [-0.25, -0.2) is 9.97 Å². The van der Waals surface area contributed by atoms with E-state index in [0.29, 0.717) is 22.1 Å². The maximum Gasteiger partial charge on any atom is 0.161 e. The summed E-state index contributed by atoms with van der Waals surface area (Å²) in [7, 11) is 1.63. The minimum atomic E-state index is 0.390. The summed E-state index contributed by atoms with van der Waals surface area (Å²) in [4.78, 5) is 8.87. The second-order valence-corrected chi connectivity index (χ2v) is 5.43. The molecule has 0 radical (unpaired) electrons. The highest BCUT2D eigenvalue weighted by Crippen LogP contribution is 2.29. The molecule has 0 fully saturated rings. The van der Waals surface area contributed by atoms with Gasteiger partial charge in [0.15, 0.2) is 5.82 Å². The first-order valence-electron chi connectivity index (χ1n) is 5.82. The van der Waals surface area contributed by atoms with Crippen LogP contribution < -0.4 is 0 Å². The zero-order valence-corrected chi connectivity index (χ0v) is 13.3. The highest BCUT2D eigenvalue weighted by atomic mass is 79.9. The Hall–Kier alpha value is -0.970. The number of hydrogen-bond donors (Lipinski definition) is 0. The minimum Gasteiger partial charge on any atom is -0.378 e.